The monoisotopic (exact) mass is 364 g/mol. The second kappa shape index (κ2) is 6.76. The molecule has 1 aliphatic rings. The van der Waals surface area contributed by atoms with E-state index >= 15 is 0 Å². The van der Waals surface area contributed by atoms with Crippen LogP contribution < -0.4 is 0 Å². The molecule has 3 rings (SSSR count). The average molecular weight is 364 g/mol. The van der Waals surface area contributed by atoms with Crippen molar-refractivity contribution in [1.82, 2.24) is 19.2 Å². The quantitative estimate of drug-likeness (QED) is 0.892. The van der Waals surface area contributed by atoms with Gasteiger partial charge in [0.15, 0.2) is 5.25 Å². The van der Waals surface area contributed by atoms with Crippen molar-refractivity contribution in [3.05, 3.63) is 30.1 Å². The van der Waals surface area contributed by atoms with Gasteiger partial charge in [-0.1, -0.05) is 12.1 Å². The molecule has 2 aromatic rings. The van der Waals surface area contributed by atoms with Crippen molar-refractivity contribution >= 4 is 27.0 Å². The molecule has 8 heteroatoms. The zero-order valence-electron chi connectivity index (χ0n) is 14.8. The molecule has 1 amide bonds. The van der Waals surface area contributed by atoms with Crippen molar-refractivity contribution in [2.45, 2.75) is 30.9 Å². The zero-order chi connectivity index (χ0) is 18.2. The van der Waals surface area contributed by atoms with Crippen LogP contribution in [0.4, 0.5) is 0 Å². The Kier molecular flexibility index (Phi) is 4.83. The Balaban J connectivity index is 1.69. The Morgan fingerprint density at radius 2 is 1.92 bits per heavy atom. The summed E-state index contributed by atoms with van der Waals surface area (Å²) in [6, 6.07) is 7.86. The smallest absolute Gasteiger partial charge is 0.241 e. The molecule has 1 fully saturated rings. The molecule has 25 heavy (non-hydrogen) atoms. The van der Waals surface area contributed by atoms with Gasteiger partial charge in [0.2, 0.25) is 15.9 Å². The molecule has 0 spiro atoms. The number of nitrogens with one attached hydrogen (secondary N) is 1. The van der Waals surface area contributed by atoms with Crippen LogP contribution in [0.5, 0.6) is 0 Å². The van der Waals surface area contributed by atoms with Gasteiger partial charge in [-0.15, -0.1) is 0 Å². The summed E-state index contributed by atoms with van der Waals surface area (Å²) in [5.74, 6) is 0.730. The fourth-order valence-corrected chi connectivity index (χ4v) is 4.90. The number of hydrogen-bond acceptors (Lipinski definition) is 4. The van der Waals surface area contributed by atoms with Gasteiger partial charge in [-0.3, -0.25) is 4.79 Å². The number of aromatic nitrogens is 2. The number of carbonyl (C=O) groups excluding carboxylic acids is 1. The van der Waals surface area contributed by atoms with E-state index in [1.54, 1.807) is 14.1 Å². The van der Waals surface area contributed by atoms with Crippen LogP contribution in [-0.4, -0.2) is 65.9 Å². The number of rotatable bonds is 4. The van der Waals surface area contributed by atoms with Gasteiger partial charge in [0.25, 0.3) is 0 Å². The summed E-state index contributed by atoms with van der Waals surface area (Å²) >= 11 is 0. The predicted octanol–water partition coefficient (Wildman–Crippen LogP) is 1.55. The van der Waals surface area contributed by atoms with Crippen molar-refractivity contribution < 1.29 is 13.2 Å². The topological polar surface area (TPSA) is 86.4 Å². The number of sulfonamides is 1. The molecule has 1 saturated heterocycles. The lowest BCUT2D eigenvalue weighted by atomic mass is 9.97. The minimum absolute atomic E-state index is 0.207. The number of benzene rings is 1. The lowest BCUT2D eigenvalue weighted by Crippen LogP contribution is -2.47. The van der Waals surface area contributed by atoms with E-state index in [9.17, 15) is 13.2 Å². The number of aromatic amines is 1. The molecule has 0 bridgehead atoms. The summed E-state index contributed by atoms with van der Waals surface area (Å²) in [5, 5.41) is -1.05. The van der Waals surface area contributed by atoms with Gasteiger partial charge in [0, 0.05) is 33.1 Å². The molecule has 7 nitrogen and oxygen atoms in total. The van der Waals surface area contributed by atoms with Crippen molar-refractivity contribution in [3.63, 3.8) is 0 Å². The first-order chi connectivity index (χ1) is 11.8. The second-order valence-electron chi connectivity index (χ2n) is 6.73. The molecule has 1 aromatic heterocycles. The van der Waals surface area contributed by atoms with E-state index in [0.29, 0.717) is 25.9 Å². The van der Waals surface area contributed by atoms with Crippen LogP contribution in [0, 0.1) is 0 Å². The summed E-state index contributed by atoms with van der Waals surface area (Å²) in [6.07, 6.45) is 1.39. The molecular weight excluding hydrogens is 340 g/mol. The van der Waals surface area contributed by atoms with Gasteiger partial charge >= 0.3 is 0 Å². The third-order valence-corrected chi connectivity index (χ3v) is 7.02. The van der Waals surface area contributed by atoms with E-state index in [4.69, 9.17) is 0 Å². The Labute approximate surface area is 148 Å². The molecule has 1 aromatic carbocycles. The van der Waals surface area contributed by atoms with Crippen molar-refractivity contribution in [3.8, 4) is 0 Å². The van der Waals surface area contributed by atoms with Crippen molar-refractivity contribution in [1.29, 1.82) is 0 Å². The third-order valence-electron chi connectivity index (χ3n) is 4.84. The Hall–Kier alpha value is -1.93. The number of fused-ring (bicyclic) bond motifs is 1. The first kappa shape index (κ1) is 17.9. The van der Waals surface area contributed by atoms with Crippen molar-refractivity contribution in [2.24, 2.45) is 0 Å². The minimum atomic E-state index is -3.63. The molecule has 1 atom stereocenters. The summed E-state index contributed by atoms with van der Waals surface area (Å²) in [4.78, 5) is 21.3. The first-order valence-corrected chi connectivity index (χ1v) is 9.96. The maximum atomic E-state index is 12.7. The molecule has 1 aliphatic heterocycles. The average Bonchev–Trinajstić information content (AvgIpc) is 3.04. The number of H-pyrrole nitrogens is 1. The van der Waals surface area contributed by atoms with Crippen LogP contribution in [0.2, 0.25) is 0 Å². The number of piperidine rings is 1. The van der Waals surface area contributed by atoms with Crippen LogP contribution >= 0.6 is 0 Å². The maximum Gasteiger partial charge on any atom is 0.241 e. The SMILES string of the molecule is CC(C(=O)N(C)C)S(=O)(=O)N1CCC(c2nc3ccccc3[nH]2)CC1. The van der Waals surface area contributed by atoms with E-state index < -0.39 is 15.3 Å². The third kappa shape index (κ3) is 3.41. The summed E-state index contributed by atoms with van der Waals surface area (Å²) < 4.78 is 26.8. The van der Waals surface area contributed by atoms with Crippen molar-refractivity contribution in [2.75, 3.05) is 27.2 Å². The fraction of sp³-hybridized carbons (Fsp3) is 0.529. The Morgan fingerprint density at radius 1 is 1.28 bits per heavy atom. The van der Waals surface area contributed by atoms with E-state index in [-0.39, 0.29) is 11.8 Å². The standard InChI is InChI=1S/C17H24N4O3S/c1-12(17(22)20(2)3)25(23,24)21-10-8-13(9-11-21)16-18-14-6-4-5-7-15(14)19-16/h4-7,12-13H,8-11H2,1-3H3,(H,18,19). The van der Waals surface area contributed by atoms with E-state index in [0.717, 1.165) is 16.9 Å². The Bertz CT molecular complexity index is 834. The zero-order valence-corrected chi connectivity index (χ0v) is 15.6. The molecule has 2 heterocycles. The fourth-order valence-electron chi connectivity index (χ4n) is 3.26. The van der Waals surface area contributed by atoms with Gasteiger partial charge in [0.05, 0.1) is 11.0 Å². The largest absolute Gasteiger partial charge is 0.348 e. The van der Waals surface area contributed by atoms with Crippen LogP contribution in [0.25, 0.3) is 11.0 Å². The molecule has 0 saturated carbocycles. The van der Waals surface area contributed by atoms with Gasteiger partial charge in [-0.05, 0) is 31.9 Å². The lowest BCUT2D eigenvalue weighted by molar-refractivity contribution is -0.128. The highest BCUT2D eigenvalue weighted by Crippen LogP contribution is 2.29. The highest BCUT2D eigenvalue weighted by molar-refractivity contribution is 7.90. The number of para-hydroxylation sites is 2. The van der Waals surface area contributed by atoms with Crippen LogP contribution in [-0.2, 0) is 14.8 Å². The van der Waals surface area contributed by atoms with E-state index in [2.05, 4.69) is 9.97 Å². The van der Waals surface area contributed by atoms with E-state index in [1.165, 1.54) is 16.1 Å². The Morgan fingerprint density at radius 3 is 2.52 bits per heavy atom. The number of amides is 1. The van der Waals surface area contributed by atoms with Crippen LogP contribution in [0.15, 0.2) is 24.3 Å². The molecule has 1 N–H and O–H groups in total. The highest BCUT2D eigenvalue weighted by Gasteiger charge is 2.37. The number of carbonyl (C=O) groups is 1. The van der Waals surface area contributed by atoms with Gasteiger partial charge in [-0.25, -0.2) is 17.7 Å². The first-order valence-electron chi connectivity index (χ1n) is 8.45. The minimum Gasteiger partial charge on any atom is -0.348 e. The highest BCUT2D eigenvalue weighted by atomic mass is 32.2. The van der Waals surface area contributed by atoms with Crippen LogP contribution in [0.1, 0.15) is 31.5 Å². The van der Waals surface area contributed by atoms with E-state index in [1.807, 2.05) is 24.3 Å². The van der Waals surface area contributed by atoms with Gasteiger partial charge in [-0.2, -0.15) is 0 Å². The molecule has 0 aliphatic carbocycles. The molecule has 136 valence electrons. The summed E-state index contributed by atoms with van der Waals surface area (Å²) in [6.45, 7) is 2.28. The maximum absolute atomic E-state index is 12.7. The second-order valence-corrected chi connectivity index (χ2v) is 8.99. The van der Waals surface area contributed by atoms with Gasteiger partial charge in [0.1, 0.15) is 5.82 Å². The van der Waals surface area contributed by atoms with Gasteiger partial charge < -0.3 is 9.88 Å². The molecular formula is C17H24N4O3S. The predicted molar refractivity (Wildman–Crippen MR) is 96.7 cm³/mol. The lowest BCUT2D eigenvalue weighted by Gasteiger charge is -2.32. The number of hydrogen-bond donors (Lipinski definition) is 1. The summed E-state index contributed by atoms with van der Waals surface area (Å²) in [5.41, 5.74) is 1.93. The molecule has 1 unspecified atom stereocenters. The number of imidazole rings is 1. The summed E-state index contributed by atoms with van der Waals surface area (Å²) in [7, 11) is -0.482. The normalized spacial score (nSPS) is 18.4. The number of nitrogens with zero attached hydrogens (tertiary/aromatic N) is 3. The molecule has 0 radical (unpaired) electrons. The van der Waals surface area contributed by atoms with Crippen LogP contribution in [0.3, 0.4) is 0 Å².